The first kappa shape index (κ1) is 24.4. The van der Waals surface area contributed by atoms with Gasteiger partial charge in [-0.05, 0) is 47.4 Å². The number of carbonyl (C=O) groups is 1. The average Bonchev–Trinajstić information content (AvgIpc) is 3.22. The fraction of sp³-hybridized carbons (Fsp3) is 0.308. The number of aromatic nitrogens is 2. The quantitative estimate of drug-likeness (QED) is 0.396. The van der Waals surface area contributed by atoms with Crippen LogP contribution < -0.4 is 9.47 Å². The molecule has 6 nitrogen and oxygen atoms in total. The monoisotopic (exact) mass is 467 g/mol. The number of hydrogen-bond acceptors (Lipinski definition) is 4. The van der Waals surface area contributed by atoms with E-state index in [2.05, 4.69) is 18.8 Å². The molecule has 0 saturated heterocycles. The summed E-state index contributed by atoms with van der Waals surface area (Å²) in [6.07, 6.45) is 6.91. The Morgan fingerprint density at radius 2 is 1.91 bits per heavy atom. The highest BCUT2D eigenvalue weighted by molar-refractivity contribution is 6.30. The number of aryl methyl sites for hydroxylation is 1. The molecule has 0 N–H and O–H groups in total. The van der Waals surface area contributed by atoms with Crippen LogP contribution in [0.25, 0.3) is 6.08 Å². The predicted octanol–water partition coefficient (Wildman–Crippen LogP) is 5.38. The van der Waals surface area contributed by atoms with Crippen molar-refractivity contribution in [2.24, 2.45) is 13.0 Å². The van der Waals surface area contributed by atoms with Crippen LogP contribution in [0.5, 0.6) is 11.5 Å². The minimum absolute atomic E-state index is 0.156. The third-order valence-corrected chi connectivity index (χ3v) is 5.45. The largest absolute Gasteiger partial charge is 0.493 e. The molecule has 0 aliphatic carbocycles. The van der Waals surface area contributed by atoms with Crippen molar-refractivity contribution in [1.82, 2.24) is 14.5 Å². The van der Waals surface area contributed by atoms with Gasteiger partial charge in [-0.2, -0.15) is 0 Å². The summed E-state index contributed by atoms with van der Waals surface area (Å²) >= 11 is 6.07. The van der Waals surface area contributed by atoms with Crippen molar-refractivity contribution >= 4 is 23.6 Å². The zero-order valence-electron chi connectivity index (χ0n) is 19.7. The lowest BCUT2D eigenvalue weighted by Gasteiger charge is -2.27. The Hall–Kier alpha value is -3.25. The van der Waals surface area contributed by atoms with Gasteiger partial charge in [-0.25, -0.2) is 4.98 Å². The first-order valence-electron chi connectivity index (χ1n) is 10.8. The van der Waals surface area contributed by atoms with Crippen molar-refractivity contribution < 1.29 is 14.3 Å². The Bertz CT molecular complexity index is 1110. The lowest BCUT2D eigenvalue weighted by molar-refractivity contribution is -0.126. The summed E-state index contributed by atoms with van der Waals surface area (Å²) in [5.41, 5.74) is 1.76. The molecule has 1 unspecified atom stereocenters. The lowest BCUT2D eigenvalue weighted by Crippen LogP contribution is -2.32. The van der Waals surface area contributed by atoms with E-state index in [1.807, 2.05) is 60.3 Å². The fourth-order valence-electron chi connectivity index (χ4n) is 3.41. The van der Waals surface area contributed by atoms with E-state index in [9.17, 15) is 4.79 Å². The van der Waals surface area contributed by atoms with E-state index in [0.717, 1.165) is 17.0 Å². The Balaban J connectivity index is 1.82. The molecule has 0 radical (unpaired) electrons. The van der Waals surface area contributed by atoms with Crippen LogP contribution in [0.1, 0.15) is 36.8 Å². The second kappa shape index (κ2) is 11.1. The molecule has 0 aliphatic rings. The average molecular weight is 468 g/mol. The highest BCUT2D eigenvalue weighted by Crippen LogP contribution is 2.30. The van der Waals surface area contributed by atoms with Crippen molar-refractivity contribution in [3.8, 4) is 11.5 Å². The van der Waals surface area contributed by atoms with Crippen LogP contribution in [0.2, 0.25) is 5.02 Å². The van der Waals surface area contributed by atoms with Gasteiger partial charge in [-0.3, -0.25) is 4.79 Å². The van der Waals surface area contributed by atoms with E-state index < -0.39 is 0 Å². The van der Waals surface area contributed by atoms with Crippen LogP contribution >= 0.6 is 11.6 Å². The second-order valence-corrected chi connectivity index (χ2v) is 8.68. The highest BCUT2D eigenvalue weighted by Gasteiger charge is 2.25. The summed E-state index contributed by atoms with van der Waals surface area (Å²) in [7, 11) is 5.28. The van der Waals surface area contributed by atoms with Gasteiger partial charge in [0, 0.05) is 37.6 Å². The third-order valence-electron chi connectivity index (χ3n) is 5.20. The fourth-order valence-corrected chi connectivity index (χ4v) is 3.53. The summed E-state index contributed by atoms with van der Waals surface area (Å²) in [4.78, 5) is 19.3. The number of imidazole rings is 1. The smallest absolute Gasteiger partial charge is 0.247 e. The van der Waals surface area contributed by atoms with Gasteiger partial charge >= 0.3 is 0 Å². The number of carbonyl (C=O) groups excluding carboxylic acids is 1. The van der Waals surface area contributed by atoms with Crippen LogP contribution in [-0.2, 0) is 11.8 Å². The van der Waals surface area contributed by atoms with Crippen molar-refractivity contribution in [2.75, 3.05) is 20.8 Å². The van der Waals surface area contributed by atoms with Gasteiger partial charge in [0.1, 0.15) is 11.9 Å². The van der Waals surface area contributed by atoms with Crippen LogP contribution in [0.3, 0.4) is 0 Å². The van der Waals surface area contributed by atoms with Gasteiger partial charge in [0.2, 0.25) is 5.91 Å². The number of hydrogen-bond donors (Lipinski definition) is 0. The van der Waals surface area contributed by atoms with Crippen molar-refractivity contribution in [3.05, 3.63) is 82.9 Å². The molecule has 0 aliphatic heterocycles. The van der Waals surface area contributed by atoms with E-state index >= 15 is 0 Å². The van der Waals surface area contributed by atoms with E-state index in [1.165, 1.54) is 0 Å². The molecule has 7 heteroatoms. The van der Waals surface area contributed by atoms with Crippen LogP contribution in [0.15, 0.2) is 60.9 Å². The summed E-state index contributed by atoms with van der Waals surface area (Å²) < 4.78 is 13.2. The molecule has 2 aromatic carbocycles. The topological polar surface area (TPSA) is 56.6 Å². The van der Waals surface area contributed by atoms with E-state index in [-0.39, 0.29) is 11.9 Å². The van der Waals surface area contributed by atoms with Crippen molar-refractivity contribution in [3.63, 3.8) is 0 Å². The molecule has 0 spiro atoms. The van der Waals surface area contributed by atoms with Gasteiger partial charge < -0.3 is 18.9 Å². The van der Waals surface area contributed by atoms with Crippen molar-refractivity contribution in [2.45, 2.75) is 19.9 Å². The van der Waals surface area contributed by atoms with Crippen LogP contribution in [0, 0.1) is 5.92 Å². The number of likely N-dealkylation sites (N-methyl/N-ethyl adjacent to an activating group) is 1. The van der Waals surface area contributed by atoms with Gasteiger partial charge in [-0.1, -0.05) is 43.6 Å². The Kier molecular flexibility index (Phi) is 8.17. The minimum atomic E-state index is -0.360. The number of rotatable bonds is 9. The molecule has 1 atom stereocenters. The van der Waals surface area contributed by atoms with Crippen LogP contribution in [0.4, 0.5) is 0 Å². The van der Waals surface area contributed by atoms with Crippen LogP contribution in [-0.4, -0.2) is 41.1 Å². The van der Waals surface area contributed by atoms with E-state index in [4.69, 9.17) is 21.1 Å². The first-order chi connectivity index (χ1) is 15.8. The SMILES string of the molecule is COc1cc(/C=C/C(=O)N(C)C(c2ccc(Cl)cc2)c2nccn2C)ccc1OCC(C)C. The zero-order chi connectivity index (χ0) is 24.0. The number of benzene rings is 2. The molecule has 0 bridgehead atoms. The standard InChI is InChI=1S/C26H30ClN3O3/c1-18(2)17-33-22-12-6-19(16-23(22)32-5)7-13-24(31)30(4)25(26-28-14-15-29(26)3)20-8-10-21(27)11-9-20/h6-16,18,25H,17H2,1-5H3/b13-7+. The minimum Gasteiger partial charge on any atom is -0.493 e. The predicted molar refractivity (Wildman–Crippen MR) is 132 cm³/mol. The number of halogens is 1. The molecule has 33 heavy (non-hydrogen) atoms. The normalized spacial score (nSPS) is 12.2. The summed E-state index contributed by atoms with van der Waals surface area (Å²) in [5.74, 6) is 2.33. The maximum Gasteiger partial charge on any atom is 0.247 e. The van der Waals surface area contributed by atoms with Gasteiger partial charge in [-0.15, -0.1) is 0 Å². The zero-order valence-corrected chi connectivity index (χ0v) is 20.4. The van der Waals surface area contributed by atoms with Crippen molar-refractivity contribution in [1.29, 1.82) is 0 Å². The number of amides is 1. The van der Waals surface area contributed by atoms with Gasteiger partial charge in [0.05, 0.1) is 13.7 Å². The second-order valence-electron chi connectivity index (χ2n) is 8.25. The van der Waals surface area contributed by atoms with Gasteiger partial charge in [0.25, 0.3) is 0 Å². The molecule has 1 aromatic heterocycles. The summed E-state index contributed by atoms with van der Waals surface area (Å²) in [6, 6.07) is 12.7. The number of ether oxygens (including phenoxy) is 2. The first-order valence-corrected chi connectivity index (χ1v) is 11.2. The maximum absolute atomic E-state index is 13.1. The van der Waals surface area contributed by atoms with E-state index in [0.29, 0.717) is 29.0 Å². The molecular formula is C26H30ClN3O3. The molecule has 3 rings (SSSR count). The van der Waals surface area contributed by atoms with E-state index in [1.54, 1.807) is 37.4 Å². The lowest BCUT2D eigenvalue weighted by atomic mass is 10.0. The summed E-state index contributed by atoms with van der Waals surface area (Å²) in [5, 5.41) is 0.640. The molecule has 174 valence electrons. The molecular weight excluding hydrogens is 438 g/mol. The Labute approximate surface area is 200 Å². The maximum atomic E-state index is 13.1. The molecule has 1 heterocycles. The van der Waals surface area contributed by atoms with Gasteiger partial charge in [0.15, 0.2) is 11.5 Å². The Morgan fingerprint density at radius 3 is 2.52 bits per heavy atom. The molecule has 0 saturated carbocycles. The molecule has 1 amide bonds. The molecule has 0 fully saturated rings. The summed E-state index contributed by atoms with van der Waals surface area (Å²) in [6.45, 7) is 4.79. The highest BCUT2D eigenvalue weighted by atomic mass is 35.5. The molecule has 3 aromatic rings. The Morgan fingerprint density at radius 1 is 1.18 bits per heavy atom. The number of methoxy groups -OCH3 is 1. The number of nitrogens with zero attached hydrogens (tertiary/aromatic N) is 3. The third kappa shape index (κ3) is 6.17.